The van der Waals surface area contributed by atoms with Crippen LogP contribution in [0.15, 0.2) is 23.2 Å². The minimum absolute atomic E-state index is 0. The molecule has 0 aliphatic heterocycles. The Balaban J connectivity index is 0.00000625. The van der Waals surface area contributed by atoms with Gasteiger partial charge in [-0.25, -0.2) is 0 Å². The van der Waals surface area contributed by atoms with Crippen molar-refractivity contribution in [3.05, 3.63) is 23.8 Å². The average Bonchev–Trinajstić information content (AvgIpc) is 2.63. The van der Waals surface area contributed by atoms with Crippen molar-refractivity contribution in [2.24, 2.45) is 4.99 Å². The van der Waals surface area contributed by atoms with Crippen LogP contribution in [0.5, 0.6) is 11.5 Å². The molecule has 0 radical (unpaired) electrons. The van der Waals surface area contributed by atoms with Crippen LogP contribution in [0.3, 0.4) is 0 Å². The number of benzene rings is 1. The van der Waals surface area contributed by atoms with E-state index in [0.29, 0.717) is 6.54 Å². The van der Waals surface area contributed by atoms with Crippen LogP contribution in [0.2, 0.25) is 0 Å². The molecule has 8 heteroatoms. The lowest BCUT2D eigenvalue weighted by molar-refractivity contribution is 0.162. The van der Waals surface area contributed by atoms with Crippen molar-refractivity contribution in [2.75, 3.05) is 68.7 Å². The normalized spacial score (nSPS) is 11.1. The van der Waals surface area contributed by atoms with Crippen molar-refractivity contribution in [3.8, 4) is 11.5 Å². The highest BCUT2D eigenvalue weighted by Crippen LogP contribution is 2.25. The number of guanidine groups is 1. The first kappa shape index (κ1) is 24.7. The van der Waals surface area contributed by atoms with Crippen LogP contribution in [0, 0.1) is 0 Å². The van der Waals surface area contributed by atoms with Gasteiger partial charge in [-0.15, -0.1) is 24.0 Å². The third kappa shape index (κ3) is 8.41. The number of nitrogens with zero attached hydrogens (tertiary/aromatic N) is 3. The van der Waals surface area contributed by atoms with E-state index in [9.17, 15) is 0 Å². The molecule has 0 fully saturated rings. The van der Waals surface area contributed by atoms with Gasteiger partial charge in [-0.3, -0.25) is 4.99 Å². The lowest BCUT2D eigenvalue weighted by atomic mass is 10.2. The van der Waals surface area contributed by atoms with Gasteiger partial charge in [0.25, 0.3) is 0 Å². The van der Waals surface area contributed by atoms with E-state index in [1.807, 2.05) is 25.2 Å². The molecule has 0 amide bonds. The van der Waals surface area contributed by atoms with Crippen LogP contribution < -0.4 is 14.8 Å². The highest BCUT2D eigenvalue weighted by molar-refractivity contribution is 14.0. The molecular weight excluding hydrogens is 447 g/mol. The van der Waals surface area contributed by atoms with Crippen molar-refractivity contribution in [2.45, 2.75) is 6.54 Å². The molecule has 0 unspecified atom stereocenters. The maximum atomic E-state index is 5.47. The van der Waals surface area contributed by atoms with E-state index in [1.54, 1.807) is 28.4 Å². The summed E-state index contributed by atoms with van der Waals surface area (Å²) in [6.45, 7) is 4.07. The third-order valence-corrected chi connectivity index (χ3v) is 3.93. The number of methoxy groups -OCH3 is 3. The summed E-state index contributed by atoms with van der Waals surface area (Å²) < 4.78 is 15.8. The number of likely N-dealkylation sites (N-methyl/N-ethyl adjacent to an activating group) is 1. The van der Waals surface area contributed by atoms with Gasteiger partial charge in [0.05, 0.1) is 20.8 Å². The summed E-state index contributed by atoms with van der Waals surface area (Å²) in [6, 6.07) is 5.84. The number of halogens is 1. The Hall–Kier alpha value is -1.26. The minimum Gasteiger partial charge on any atom is -0.497 e. The second-order valence-electron chi connectivity index (χ2n) is 5.80. The fourth-order valence-electron chi connectivity index (χ4n) is 2.42. The zero-order valence-corrected chi connectivity index (χ0v) is 19.1. The van der Waals surface area contributed by atoms with E-state index < -0.39 is 0 Å². The van der Waals surface area contributed by atoms with Crippen molar-refractivity contribution in [1.82, 2.24) is 15.1 Å². The number of rotatable bonds is 10. The SMILES string of the molecule is CN=C(NCCN(C)CCOC)N(C)Cc1ccc(OC)cc1OC.I. The van der Waals surface area contributed by atoms with Crippen molar-refractivity contribution < 1.29 is 14.2 Å². The predicted molar refractivity (Wildman–Crippen MR) is 117 cm³/mol. The molecule has 1 aromatic rings. The number of aliphatic imine (C=N–C) groups is 1. The van der Waals surface area contributed by atoms with E-state index in [2.05, 4.69) is 27.2 Å². The van der Waals surface area contributed by atoms with Crippen LogP contribution in [0.1, 0.15) is 5.56 Å². The molecule has 0 bridgehead atoms. The molecule has 26 heavy (non-hydrogen) atoms. The molecule has 0 aliphatic carbocycles. The van der Waals surface area contributed by atoms with E-state index in [-0.39, 0.29) is 24.0 Å². The summed E-state index contributed by atoms with van der Waals surface area (Å²) in [5.41, 5.74) is 1.07. The molecule has 1 aromatic carbocycles. The number of hydrogen-bond acceptors (Lipinski definition) is 5. The van der Waals surface area contributed by atoms with E-state index in [0.717, 1.165) is 49.3 Å². The zero-order chi connectivity index (χ0) is 18.7. The number of ether oxygens (including phenoxy) is 3. The highest BCUT2D eigenvalue weighted by atomic mass is 127. The van der Waals surface area contributed by atoms with Crippen molar-refractivity contribution in [1.29, 1.82) is 0 Å². The quantitative estimate of drug-likeness (QED) is 0.314. The lowest BCUT2D eigenvalue weighted by Crippen LogP contribution is -2.42. The second kappa shape index (κ2) is 13.9. The molecule has 1 N–H and O–H groups in total. The Morgan fingerprint density at radius 3 is 2.42 bits per heavy atom. The molecule has 0 saturated carbocycles. The topological polar surface area (TPSA) is 58.6 Å². The summed E-state index contributed by atoms with van der Waals surface area (Å²) in [6.07, 6.45) is 0. The van der Waals surface area contributed by atoms with Crippen molar-refractivity contribution >= 4 is 29.9 Å². The molecular formula is C18H33IN4O3. The highest BCUT2D eigenvalue weighted by Gasteiger charge is 2.11. The monoisotopic (exact) mass is 480 g/mol. The Kier molecular flexibility index (Phi) is 13.2. The summed E-state index contributed by atoms with van der Waals surface area (Å²) in [5, 5.41) is 3.38. The Morgan fingerprint density at radius 2 is 1.85 bits per heavy atom. The largest absolute Gasteiger partial charge is 0.497 e. The molecule has 7 nitrogen and oxygen atoms in total. The Labute approximate surface area is 174 Å². The lowest BCUT2D eigenvalue weighted by Gasteiger charge is -2.24. The van der Waals surface area contributed by atoms with Gasteiger partial charge in [0.1, 0.15) is 11.5 Å². The molecule has 0 spiro atoms. The number of hydrogen-bond donors (Lipinski definition) is 1. The zero-order valence-electron chi connectivity index (χ0n) is 16.7. The van der Waals surface area contributed by atoms with Gasteiger partial charge in [-0.1, -0.05) is 0 Å². The minimum atomic E-state index is 0. The molecule has 0 aliphatic rings. The number of nitrogens with one attached hydrogen (secondary N) is 1. The van der Waals surface area contributed by atoms with E-state index in [1.165, 1.54) is 0 Å². The van der Waals surface area contributed by atoms with Crippen LogP contribution in [0.4, 0.5) is 0 Å². The fraction of sp³-hybridized carbons (Fsp3) is 0.611. The van der Waals surface area contributed by atoms with Crippen molar-refractivity contribution in [3.63, 3.8) is 0 Å². The summed E-state index contributed by atoms with van der Waals surface area (Å²) in [7, 11) is 10.9. The second-order valence-corrected chi connectivity index (χ2v) is 5.80. The summed E-state index contributed by atoms with van der Waals surface area (Å²) in [4.78, 5) is 8.64. The standard InChI is InChI=1S/C18H32N4O3.HI/c1-19-18(20-9-10-21(2)11-12-23-4)22(3)14-15-7-8-16(24-5)13-17(15)25-6;/h7-8,13H,9-12,14H2,1-6H3,(H,19,20);1H. The Morgan fingerprint density at radius 1 is 1.12 bits per heavy atom. The van der Waals surface area contributed by atoms with Gasteiger partial charge in [-0.05, 0) is 19.2 Å². The molecule has 150 valence electrons. The third-order valence-electron chi connectivity index (χ3n) is 3.93. The molecule has 0 saturated heterocycles. The van der Waals surface area contributed by atoms with E-state index >= 15 is 0 Å². The van der Waals surface area contributed by atoms with Gasteiger partial charge in [0.2, 0.25) is 0 Å². The first-order chi connectivity index (χ1) is 12.0. The summed E-state index contributed by atoms with van der Waals surface area (Å²) in [5.74, 6) is 2.43. The van der Waals surface area contributed by atoms with Gasteiger partial charge >= 0.3 is 0 Å². The fourth-order valence-corrected chi connectivity index (χ4v) is 2.42. The molecule has 0 aromatic heterocycles. The maximum Gasteiger partial charge on any atom is 0.193 e. The van der Waals surface area contributed by atoms with Crippen LogP contribution in [-0.4, -0.2) is 84.5 Å². The van der Waals surface area contributed by atoms with Crippen LogP contribution in [-0.2, 0) is 11.3 Å². The van der Waals surface area contributed by atoms with Gasteiger partial charge < -0.3 is 29.3 Å². The van der Waals surface area contributed by atoms with Crippen LogP contribution in [0.25, 0.3) is 0 Å². The first-order valence-corrected chi connectivity index (χ1v) is 8.35. The molecule has 0 atom stereocenters. The summed E-state index contributed by atoms with van der Waals surface area (Å²) >= 11 is 0. The van der Waals surface area contributed by atoms with Crippen LogP contribution >= 0.6 is 24.0 Å². The Bertz CT molecular complexity index is 543. The maximum absolute atomic E-state index is 5.47. The first-order valence-electron chi connectivity index (χ1n) is 8.35. The van der Waals surface area contributed by atoms with Gasteiger partial charge in [0, 0.05) is 59.0 Å². The predicted octanol–water partition coefficient (Wildman–Crippen LogP) is 1.91. The smallest absolute Gasteiger partial charge is 0.193 e. The van der Waals surface area contributed by atoms with Gasteiger partial charge in [-0.2, -0.15) is 0 Å². The van der Waals surface area contributed by atoms with Gasteiger partial charge in [0.15, 0.2) is 5.96 Å². The average molecular weight is 480 g/mol. The van der Waals surface area contributed by atoms with E-state index in [4.69, 9.17) is 14.2 Å². The molecule has 1 rings (SSSR count). The molecule has 0 heterocycles.